The number of halogens is 1. The fraction of sp³-hybridized carbons (Fsp3) is 0.857. The van der Waals surface area contributed by atoms with Crippen molar-refractivity contribution in [2.75, 3.05) is 7.05 Å². The normalized spacial score (nSPS) is 21.6. The number of nitrogens with one attached hydrogen (secondary N) is 1. The molecule has 1 aliphatic carbocycles. The molecular formula is C7H14ClNO2. The van der Waals surface area contributed by atoms with Crippen molar-refractivity contribution >= 4 is 18.4 Å². The topological polar surface area (TPSA) is 49.3 Å². The van der Waals surface area contributed by atoms with Gasteiger partial charge in [-0.05, 0) is 25.3 Å². The lowest BCUT2D eigenvalue weighted by Gasteiger charge is -2.17. The molecule has 3 nitrogen and oxygen atoms in total. The van der Waals surface area contributed by atoms with Gasteiger partial charge in [0.05, 0.1) is 0 Å². The van der Waals surface area contributed by atoms with E-state index in [9.17, 15) is 4.79 Å². The Morgan fingerprint density at radius 3 is 2.18 bits per heavy atom. The monoisotopic (exact) mass is 179 g/mol. The molecule has 66 valence electrons. The molecule has 0 heterocycles. The van der Waals surface area contributed by atoms with Gasteiger partial charge in [-0.3, -0.25) is 4.79 Å². The Balaban J connectivity index is 0.000001000. The third kappa shape index (κ3) is 2.07. The molecular weight excluding hydrogens is 166 g/mol. The Morgan fingerprint density at radius 1 is 1.64 bits per heavy atom. The molecule has 0 saturated heterocycles. The van der Waals surface area contributed by atoms with Crippen molar-refractivity contribution in [3.05, 3.63) is 0 Å². The molecule has 0 amide bonds. The predicted molar refractivity (Wildman–Crippen MR) is 45.1 cm³/mol. The van der Waals surface area contributed by atoms with Crippen molar-refractivity contribution in [1.29, 1.82) is 0 Å². The maximum atomic E-state index is 10.6. The summed E-state index contributed by atoms with van der Waals surface area (Å²) in [7, 11) is 1.70. The summed E-state index contributed by atoms with van der Waals surface area (Å²) in [5, 5.41) is 11.5. The molecule has 1 unspecified atom stereocenters. The van der Waals surface area contributed by atoms with Gasteiger partial charge in [-0.2, -0.15) is 0 Å². The third-order valence-corrected chi connectivity index (χ3v) is 2.27. The quantitative estimate of drug-likeness (QED) is 0.677. The first-order chi connectivity index (χ1) is 4.60. The number of aliphatic carboxylic acids is 1. The van der Waals surface area contributed by atoms with Gasteiger partial charge < -0.3 is 10.4 Å². The molecule has 0 aromatic rings. The van der Waals surface area contributed by atoms with Crippen molar-refractivity contribution < 1.29 is 9.90 Å². The van der Waals surface area contributed by atoms with Crippen LogP contribution in [-0.4, -0.2) is 24.2 Å². The van der Waals surface area contributed by atoms with Gasteiger partial charge >= 0.3 is 5.97 Å². The van der Waals surface area contributed by atoms with E-state index in [0.29, 0.717) is 0 Å². The minimum absolute atomic E-state index is 0. The second kappa shape index (κ2) is 3.41. The van der Waals surface area contributed by atoms with E-state index in [1.807, 2.05) is 6.92 Å². The molecule has 1 fully saturated rings. The third-order valence-electron chi connectivity index (χ3n) is 2.27. The fourth-order valence-electron chi connectivity index (χ4n) is 1.26. The molecule has 0 radical (unpaired) electrons. The lowest BCUT2D eigenvalue weighted by Crippen LogP contribution is -2.40. The van der Waals surface area contributed by atoms with E-state index in [0.717, 1.165) is 12.8 Å². The summed E-state index contributed by atoms with van der Waals surface area (Å²) in [6, 6.07) is -0.354. The van der Waals surface area contributed by atoms with Crippen LogP contribution in [0.4, 0.5) is 0 Å². The van der Waals surface area contributed by atoms with Crippen LogP contribution in [0.3, 0.4) is 0 Å². The van der Waals surface area contributed by atoms with Crippen LogP contribution in [0.5, 0.6) is 0 Å². The van der Waals surface area contributed by atoms with E-state index in [4.69, 9.17) is 5.11 Å². The molecule has 1 atom stereocenters. The zero-order valence-electron chi connectivity index (χ0n) is 6.76. The first-order valence-corrected chi connectivity index (χ1v) is 3.50. The Labute approximate surface area is 72.6 Å². The van der Waals surface area contributed by atoms with Gasteiger partial charge in [-0.1, -0.05) is 6.92 Å². The Bertz CT molecular complexity index is 157. The molecule has 0 aliphatic heterocycles. The molecule has 2 N–H and O–H groups in total. The van der Waals surface area contributed by atoms with Crippen molar-refractivity contribution in [2.24, 2.45) is 5.41 Å². The van der Waals surface area contributed by atoms with Crippen molar-refractivity contribution in [3.8, 4) is 0 Å². The molecule has 0 spiro atoms. The largest absolute Gasteiger partial charge is 0.480 e. The SMILES string of the molecule is CNC(C(=O)O)C1(C)CC1.Cl. The molecule has 0 aromatic carbocycles. The minimum atomic E-state index is -0.734. The van der Waals surface area contributed by atoms with Gasteiger partial charge in [0.25, 0.3) is 0 Å². The van der Waals surface area contributed by atoms with Gasteiger partial charge in [0.1, 0.15) is 6.04 Å². The number of likely N-dealkylation sites (N-methyl/N-ethyl adjacent to an activating group) is 1. The standard InChI is InChI=1S/C7H13NO2.ClH/c1-7(3-4-7)5(8-2)6(9)10;/h5,8H,3-4H2,1-2H3,(H,9,10);1H. The average Bonchev–Trinajstić information content (AvgIpc) is 2.49. The molecule has 1 saturated carbocycles. The van der Waals surface area contributed by atoms with Crippen LogP contribution in [0.25, 0.3) is 0 Å². The highest BCUT2D eigenvalue weighted by Gasteiger charge is 2.47. The summed E-state index contributed by atoms with van der Waals surface area (Å²) in [6.45, 7) is 2.00. The van der Waals surface area contributed by atoms with Crippen molar-refractivity contribution in [3.63, 3.8) is 0 Å². The van der Waals surface area contributed by atoms with Crippen LogP contribution < -0.4 is 5.32 Å². The minimum Gasteiger partial charge on any atom is -0.480 e. The zero-order chi connectivity index (χ0) is 7.78. The highest BCUT2D eigenvalue weighted by Crippen LogP contribution is 2.47. The van der Waals surface area contributed by atoms with Crippen molar-refractivity contribution in [1.82, 2.24) is 5.32 Å². The average molecular weight is 180 g/mol. The first kappa shape index (κ1) is 10.7. The second-order valence-electron chi connectivity index (χ2n) is 3.21. The summed E-state index contributed by atoms with van der Waals surface area (Å²) in [5.74, 6) is -0.734. The van der Waals surface area contributed by atoms with E-state index in [2.05, 4.69) is 5.32 Å². The molecule has 0 aromatic heterocycles. The van der Waals surface area contributed by atoms with Crippen molar-refractivity contribution in [2.45, 2.75) is 25.8 Å². The fourth-order valence-corrected chi connectivity index (χ4v) is 1.26. The van der Waals surface area contributed by atoms with Crippen LogP contribution in [0, 0.1) is 5.41 Å². The van der Waals surface area contributed by atoms with Gasteiger partial charge in [0.15, 0.2) is 0 Å². The van der Waals surface area contributed by atoms with Gasteiger partial charge in [-0.15, -0.1) is 12.4 Å². The maximum Gasteiger partial charge on any atom is 0.321 e. The summed E-state index contributed by atoms with van der Waals surface area (Å²) < 4.78 is 0. The van der Waals surface area contributed by atoms with Crippen LogP contribution in [0.2, 0.25) is 0 Å². The van der Waals surface area contributed by atoms with Gasteiger partial charge in [-0.25, -0.2) is 0 Å². The van der Waals surface area contributed by atoms with Gasteiger partial charge in [0, 0.05) is 0 Å². The second-order valence-corrected chi connectivity index (χ2v) is 3.21. The Kier molecular flexibility index (Phi) is 3.32. The molecule has 4 heteroatoms. The van der Waals surface area contributed by atoms with Crippen LogP contribution >= 0.6 is 12.4 Å². The van der Waals surface area contributed by atoms with Gasteiger partial charge in [0.2, 0.25) is 0 Å². The summed E-state index contributed by atoms with van der Waals surface area (Å²) >= 11 is 0. The van der Waals surface area contributed by atoms with Crippen LogP contribution in [-0.2, 0) is 4.79 Å². The number of hydrogen-bond donors (Lipinski definition) is 2. The highest BCUT2D eigenvalue weighted by atomic mass is 35.5. The Morgan fingerprint density at radius 2 is 2.09 bits per heavy atom. The van der Waals surface area contributed by atoms with E-state index in [1.165, 1.54) is 0 Å². The van der Waals surface area contributed by atoms with E-state index in [1.54, 1.807) is 7.05 Å². The van der Waals surface area contributed by atoms with Crippen LogP contribution in [0.1, 0.15) is 19.8 Å². The smallest absolute Gasteiger partial charge is 0.321 e. The predicted octanol–water partition coefficient (Wildman–Crippen LogP) is 0.881. The lowest BCUT2D eigenvalue weighted by atomic mass is 10.00. The Hall–Kier alpha value is -0.280. The summed E-state index contributed by atoms with van der Waals surface area (Å²) in [6.07, 6.45) is 2.07. The lowest BCUT2D eigenvalue weighted by molar-refractivity contribution is -0.141. The maximum absolute atomic E-state index is 10.6. The first-order valence-electron chi connectivity index (χ1n) is 3.50. The highest BCUT2D eigenvalue weighted by molar-refractivity contribution is 5.85. The van der Waals surface area contributed by atoms with E-state index in [-0.39, 0.29) is 23.9 Å². The summed E-state index contributed by atoms with van der Waals surface area (Å²) in [4.78, 5) is 10.6. The molecule has 11 heavy (non-hydrogen) atoms. The molecule has 1 rings (SSSR count). The number of rotatable bonds is 3. The number of carboxylic acid groups (broad SMARTS) is 1. The van der Waals surface area contributed by atoms with Crippen LogP contribution in [0.15, 0.2) is 0 Å². The zero-order valence-corrected chi connectivity index (χ0v) is 7.57. The van der Waals surface area contributed by atoms with E-state index < -0.39 is 5.97 Å². The number of carbonyl (C=O) groups is 1. The number of hydrogen-bond acceptors (Lipinski definition) is 2. The summed E-state index contributed by atoms with van der Waals surface area (Å²) in [5.41, 5.74) is 0.0284. The number of carboxylic acids is 1. The molecule has 1 aliphatic rings. The molecule has 0 bridgehead atoms. The van der Waals surface area contributed by atoms with E-state index >= 15 is 0 Å².